The molecule has 0 saturated heterocycles. The van der Waals surface area contributed by atoms with Crippen molar-refractivity contribution in [2.24, 2.45) is 0 Å². The van der Waals surface area contributed by atoms with Crippen LogP contribution < -0.4 is 10.2 Å². The van der Waals surface area contributed by atoms with Crippen LogP contribution in [0.25, 0.3) is 11.3 Å². The predicted octanol–water partition coefficient (Wildman–Crippen LogP) is 4.68. The maximum atomic E-state index is 13.7. The van der Waals surface area contributed by atoms with E-state index in [4.69, 9.17) is 0 Å². The van der Waals surface area contributed by atoms with E-state index in [1.807, 2.05) is 50.1 Å². The number of para-hydroxylation sites is 1. The molecule has 2 aromatic carbocycles. The molecular weight excluding hydrogens is 341 g/mol. The minimum absolute atomic E-state index is 0.169. The van der Waals surface area contributed by atoms with Crippen molar-refractivity contribution >= 4 is 17.3 Å². The van der Waals surface area contributed by atoms with Gasteiger partial charge in [-0.15, -0.1) is 0 Å². The highest BCUT2D eigenvalue weighted by Crippen LogP contribution is 2.36. The van der Waals surface area contributed by atoms with Crippen molar-refractivity contribution in [2.45, 2.75) is 20.3 Å². The average Bonchev–Trinajstić information content (AvgIpc) is 3.02. The van der Waals surface area contributed by atoms with Crippen LogP contribution in [0.4, 0.5) is 15.8 Å². The molecule has 27 heavy (non-hydrogen) atoms. The van der Waals surface area contributed by atoms with Crippen LogP contribution in [-0.4, -0.2) is 24.5 Å². The molecule has 5 heteroatoms. The molecule has 0 radical (unpaired) electrons. The number of hydrogen-bond acceptors (Lipinski definition) is 2. The normalized spacial score (nSPS) is 13.0. The minimum Gasteiger partial charge on any atom is -0.374 e. The maximum absolute atomic E-state index is 13.7. The van der Waals surface area contributed by atoms with Gasteiger partial charge in [-0.1, -0.05) is 18.2 Å². The summed E-state index contributed by atoms with van der Waals surface area (Å²) in [6, 6.07) is 12.6. The van der Waals surface area contributed by atoms with Crippen molar-refractivity contribution in [3.63, 3.8) is 0 Å². The zero-order valence-corrected chi connectivity index (χ0v) is 15.7. The van der Waals surface area contributed by atoms with E-state index < -0.39 is 0 Å². The first-order valence-corrected chi connectivity index (χ1v) is 9.04. The quantitative estimate of drug-likeness (QED) is 0.694. The molecule has 1 aromatic heterocycles. The number of carbonyl (C=O) groups is 1. The molecule has 0 bridgehead atoms. The summed E-state index contributed by atoms with van der Waals surface area (Å²) < 4.78 is 13.7. The fourth-order valence-corrected chi connectivity index (χ4v) is 3.69. The SMILES string of the molecule is Cc1cccc(C)c1NC(=O)c1cc2c([nH]1)-c1ccc(F)cc1N(C)CC2. The van der Waals surface area contributed by atoms with Crippen molar-refractivity contribution in [2.75, 3.05) is 23.8 Å². The van der Waals surface area contributed by atoms with Crippen molar-refractivity contribution < 1.29 is 9.18 Å². The molecule has 4 nitrogen and oxygen atoms in total. The number of hydrogen-bond donors (Lipinski definition) is 2. The van der Waals surface area contributed by atoms with Gasteiger partial charge in [0.15, 0.2) is 0 Å². The van der Waals surface area contributed by atoms with Gasteiger partial charge in [-0.3, -0.25) is 4.79 Å². The topological polar surface area (TPSA) is 48.1 Å². The van der Waals surface area contributed by atoms with Gasteiger partial charge in [-0.25, -0.2) is 4.39 Å². The van der Waals surface area contributed by atoms with E-state index in [0.717, 1.165) is 52.3 Å². The van der Waals surface area contributed by atoms with Crippen LogP contribution in [0.2, 0.25) is 0 Å². The van der Waals surface area contributed by atoms with Crippen LogP contribution in [0.15, 0.2) is 42.5 Å². The number of fused-ring (bicyclic) bond motifs is 3. The molecule has 0 spiro atoms. The second-order valence-corrected chi connectivity index (χ2v) is 7.14. The zero-order valence-electron chi connectivity index (χ0n) is 15.7. The molecule has 0 fully saturated rings. The zero-order chi connectivity index (χ0) is 19.1. The lowest BCUT2D eigenvalue weighted by molar-refractivity contribution is 0.102. The van der Waals surface area contributed by atoms with Gasteiger partial charge in [-0.05, 0) is 61.2 Å². The molecule has 3 aromatic rings. The number of aromatic nitrogens is 1. The third-order valence-corrected chi connectivity index (χ3v) is 5.22. The highest BCUT2D eigenvalue weighted by atomic mass is 19.1. The van der Waals surface area contributed by atoms with Gasteiger partial charge in [0.25, 0.3) is 5.91 Å². The van der Waals surface area contributed by atoms with Gasteiger partial charge in [-0.2, -0.15) is 0 Å². The molecule has 2 heterocycles. The van der Waals surface area contributed by atoms with Crippen molar-refractivity contribution in [3.8, 4) is 11.3 Å². The minimum atomic E-state index is -0.261. The summed E-state index contributed by atoms with van der Waals surface area (Å²) in [5.74, 6) is -0.430. The number of aromatic amines is 1. The molecule has 1 amide bonds. The number of carbonyl (C=O) groups excluding carboxylic acids is 1. The first-order chi connectivity index (χ1) is 12.9. The highest BCUT2D eigenvalue weighted by molar-refractivity contribution is 6.05. The summed E-state index contributed by atoms with van der Waals surface area (Å²) >= 11 is 0. The Morgan fingerprint density at radius 2 is 1.89 bits per heavy atom. The van der Waals surface area contributed by atoms with Gasteiger partial charge in [0, 0.05) is 30.5 Å². The second-order valence-electron chi connectivity index (χ2n) is 7.14. The summed E-state index contributed by atoms with van der Waals surface area (Å²) in [5, 5.41) is 3.02. The number of rotatable bonds is 2. The Morgan fingerprint density at radius 1 is 1.15 bits per heavy atom. The first kappa shape index (κ1) is 17.3. The Morgan fingerprint density at radius 3 is 2.63 bits per heavy atom. The number of halogens is 1. The first-order valence-electron chi connectivity index (χ1n) is 9.04. The van der Waals surface area contributed by atoms with E-state index in [9.17, 15) is 9.18 Å². The van der Waals surface area contributed by atoms with E-state index in [1.165, 1.54) is 6.07 Å². The molecule has 0 unspecified atom stereocenters. The Hall–Kier alpha value is -3.08. The molecule has 4 rings (SSSR count). The van der Waals surface area contributed by atoms with Crippen molar-refractivity contribution in [1.82, 2.24) is 4.98 Å². The van der Waals surface area contributed by atoms with Gasteiger partial charge < -0.3 is 15.2 Å². The third-order valence-electron chi connectivity index (χ3n) is 5.22. The van der Waals surface area contributed by atoms with Crippen LogP contribution in [0, 0.1) is 19.7 Å². The van der Waals surface area contributed by atoms with Gasteiger partial charge in [0.05, 0.1) is 5.69 Å². The molecule has 0 atom stereocenters. The molecule has 1 aliphatic rings. The lowest BCUT2D eigenvalue weighted by atomic mass is 10.1. The highest BCUT2D eigenvalue weighted by Gasteiger charge is 2.22. The molecule has 1 aliphatic heterocycles. The van der Waals surface area contributed by atoms with Crippen LogP contribution in [0.3, 0.4) is 0 Å². The van der Waals surface area contributed by atoms with Crippen LogP contribution in [0.5, 0.6) is 0 Å². The van der Waals surface area contributed by atoms with E-state index in [0.29, 0.717) is 5.69 Å². The molecule has 2 N–H and O–H groups in total. The average molecular weight is 363 g/mol. The third kappa shape index (κ3) is 3.10. The summed E-state index contributed by atoms with van der Waals surface area (Å²) in [6.07, 6.45) is 0.787. The Labute approximate surface area is 158 Å². The van der Waals surface area contributed by atoms with Gasteiger partial charge in [0.1, 0.15) is 11.5 Å². The number of aryl methyl sites for hydroxylation is 2. The maximum Gasteiger partial charge on any atom is 0.272 e. The number of anilines is 2. The van der Waals surface area contributed by atoms with Crippen LogP contribution in [-0.2, 0) is 6.42 Å². The standard InChI is InChI=1S/C22H22FN3O/c1-13-5-4-6-14(2)20(13)25-22(27)18-11-15-9-10-26(3)19-12-16(23)7-8-17(19)21(15)24-18/h4-8,11-12,24H,9-10H2,1-3H3,(H,25,27). The Balaban J connectivity index is 1.71. The van der Waals surface area contributed by atoms with Crippen LogP contribution >= 0.6 is 0 Å². The summed E-state index contributed by atoms with van der Waals surface area (Å²) in [5.41, 5.74) is 7.12. The Kier molecular flexibility index (Phi) is 4.22. The number of H-pyrrole nitrogens is 1. The predicted molar refractivity (Wildman–Crippen MR) is 107 cm³/mol. The van der Waals surface area contributed by atoms with E-state index >= 15 is 0 Å². The van der Waals surface area contributed by atoms with E-state index in [2.05, 4.69) is 10.3 Å². The van der Waals surface area contributed by atoms with Crippen LogP contribution in [0.1, 0.15) is 27.2 Å². The number of amides is 1. The second kappa shape index (κ2) is 6.58. The molecular formula is C22H22FN3O. The van der Waals surface area contributed by atoms with Crippen molar-refractivity contribution in [3.05, 3.63) is 70.7 Å². The molecule has 0 aliphatic carbocycles. The monoisotopic (exact) mass is 363 g/mol. The number of nitrogens with zero attached hydrogens (tertiary/aromatic N) is 1. The summed E-state index contributed by atoms with van der Waals surface area (Å²) in [4.78, 5) is 18.2. The Bertz CT molecular complexity index is 1020. The fraction of sp³-hybridized carbons (Fsp3) is 0.227. The lowest BCUT2D eigenvalue weighted by Gasteiger charge is -2.19. The van der Waals surface area contributed by atoms with E-state index in [1.54, 1.807) is 12.1 Å². The summed E-state index contributed by atoms with van der Waals surface area (Å²) in [6.45, 7) is 4.72. The lowest BCUT2D eigenvalue weighted by Crippen LogP contribution is -2.19. The number of likely N-dealkylation sites (N-methyl/N-ethyl adjacent to an activating group) is 1. The molecule has 138 valence electrons. The van der Waals surface area contributed by atoms with E-state index in [-0.39, 0.29) is 11.7 Å². The smallest absolute Gasteiger partial charge is 0.272 e. The van der Waals surface area contributed by atoms with Crippen molar-refractivity contribution in [1.29, 1.82) is 0 Å². The summed E-state index contributed by atoms with van der Waals surface area (Å²) in [7, 11) is 1.96. The number of nitrogens with one attached hydrogen (secondary N) is 2. The largest absolute Gasteiger partial charge is 0.374 e. The van der Waals surface area contributed by atoms with Gasteiger partial charge in [0.2, 0.25) is 0 Å². The fourth-order valence-electron chi connectivity index (χ4n) is 3.69. The molecule has 0 saturated carbocycles. The number of benzene rings is 2. The van der Waals surface area contributed by atoms with Gasteiger partial charge >= 0.3 is 0 Å².